The van der Waals surface area contributed by atoms with Gasteiger partial charge >= 0.3 is 0 Å². The van der Waals surface area contributed by atoms with Crippen molar-refractivity contribution in [1.82, 2.24) is 4.90 Å². The number of thioether (sulfide) groups is 1. The summed E-state index contributed by atoms with van der Waals surface area (Å²) in [5.41, 5.74) is 0.692. The van der Waals surface area contributed by atoms with Crippen LogP contribution in [0.5, 0.6) is 0 Å². The van der Waals surface area contributed by atoms with Gasteiger partial charge in [0.2, 0.25) is 0 Å². The third-order valence-electron chi connectivity index (χ3n) is 2.32. The average Bonchev–Trinajstić information content (AvgIpc) is 2.34. The van der Waals surface area contributed by atoms with Crippen LogP contribution in [0.3, 0.4) is 0 Å². The molecule has 0 fully saturated rings. The minimum absolute atomic E-state index is 0.0178. The summed E-state index contributed by atoms with van der Waals surface area (Å²) in [6.45, 7) is 1.11. The molecule has 0 heterocycles. The van der Waals surface area contributed by atoms with Gasteiger partial charge in [-0.15, -0.1) is 23.4 Å². The van der Waals surface area contributed by atoms with Crippen molar-refractivity contribution in [2.75, 3.05) is 32.3 Å². The molecule has 2 nitrogen and oxygen atoms in total. The lowest BCUT2D eigenvalue weighted by Crippen LogP contribution is -2.13. The van der Waals surface area contributed by atoms with Crippen LogP contribution in [-0.2, 0) is 0 Å². The largest absolute Gasteiger partial charge is 0.309 e. The number of carbonyl (C=O) groups excluding carboxylic acids is 1. The van der Waals surface area contributed by atoms with E-state index in [9.17, 15) is 4.79 Å². The van der Waals surface area contributed by atoms with E-state index >= 15 is 0 Å². The molecule has 0 radical (unpaired) electrons. The molecule has 17 heavy (non-hydrogen) atoms. The standard InChI is InChI=1S/C13H18ClNOS/c1-15(2)8-3-9-17-12-6-4-11(5-7-12)13(16)10-14/h4-7H,3,8-10H2,1-2H3. The normalized spacial score (nSPS) is 10.8. The Morgan fingerprint density at radius 1 is 1.29 bits per heavy atom. The van der Waals surface area contributed by atoms with Gasteiger partial charge in [-0.25, -0.2) is 0 Å². The SMILES string of the molecule is CN(C)CCCSc1ccc(C(=O)CCl)cc1. The molecule has 0 saturated heterocycles. The lowest BCUT2D eigenvalue weighted by molar-refractivity contribution is 0.102. The topological polar surface area (TPSA) is 20.3 Å². The fourth-order valence-electron chi connectivity index (χ4n) is 1.39. The molecular weight excluding hydrogens is 254 g/mol. The molecule has 0 bridgehead atoms. The zero-order valence-electron chi connectivity index (χ0n) is 10.3. The van der Waals surface area contributed by atoms with E-state index in [0.717, 1.165) is 12.3 Å². The molecule has 0 amide bonds. The van der Waals surface area contributed by atoms with Crippen molar-refractivity contribution in [2.24, 2.45) is 0 Å². The average molecular weight is 272 g/mol. The third kappa shape index (κ3) is 5.57. The molecule has 1 rings (SSSR count). The smallest absolute Gasteiger partial charge is 0.177 e. The maximum absolute atomic E-state index is 11.3. The molecule has 0 N–H and O–H groups in total. The molecule has 94 valence electrons. The molecule has 1 aromatic rings. The number of ketones is 1. The predicted octanol–water partition coefficient (Wildman–Crippen LogP) is 3.15. The summed E-state index contributed by atoms with van der Waals surface area (Å²) in [5.74, 6) is 1.13. The monoisotopic (exact) mass is 271 g/mol. The van der Waals surface area contributed by atoms with E-state index in [2.05, 4.69) is 19.0 Å². The van der Waals surface area contributed by atoms with Gasteiger partial charge in [0.25, 0.3) is 0 Å². The van der Waals surface area contributed by atoms with Crippen molar-refractivity contribution >= 4 is 29.1 Å². The van der Waals surface area contributed by atoms with E-state index in [-0.39, 0.29) is 11.7 Å². The van der Waals surface area contributed by atoms with Crippen molar-refractivity contribution in [1.29, 1.82) is 0 Å². The first-order chi connectivity index (χ1) is 8.13. The van der Waals surface area contributed by atoms with Crippen molar-refractivity contribution in [3.63, 3.8) is 0 Å². The molecule has 0 aliphatic heterocycles. The lowest BCUT2D eigenvalue weighted by atomic mass is 10.1. The van der Waals surface area contributed by atoms with Crippen LogP contribution in [0, 0.1) is 0 Å². The minimum atomic E-state index is -0.0178. The van der Waals surface area contributed by atoms with Crippen molar-refractivity contribution < 1.29 is 4.79 Å². The molecule has 0 atom stereocenters. The van der Waals surface area contributed by atoms with Gasteiger partial charge in [0.15, 0.2) is 5.78 Å². The first kappa shape index (κ1) is 14.6. The van der Waals surface area contributed by atoms with Crippen molar-refractivity contribution in [3.05, 3.63) is 29.8 Å². The van der Waals surface area contributed by atoms with Gasteiger partial charge in [-0.2, -0.15) is 0 Å². The molecule has 4 heteroatoms. The molecule has 0 spiro atoms. The van der Waals surface area contributed by atoms with Crippen LogP contribution in [0.4, 0.5) is 0 Å². The zero-order valence-corrected chi connectivity index (χ0v) is 11.9. The highest BCUT2D eigenvalue weighted by Crippen LogP contribution is 2.19. The van der Waals surface area contributed by atoms with E-state index in [1.807, 2.05) is 36.0 Å². The van der Waals surface area contributed by atoms with Gasteiger partial charge < -0.3 is 4.90 Å². The molecule has 0 aliphatic rings. The molecule has 0 unspecified atom stereocenters. The predicted molar refractivity (Wildman–Crippen MR) is 75.4 cm³/mol. The Morgan fingerprint density at radius 2 is 1.94 bits per heavy atom. The summed E-state index contributed by atoms with van der Waals surface area (Å²) >= 11 is 7.32. The van der Waals surface area contributed by atoms with Gasteiger partial charge in [-0.3, -0.25) is 4.79 Å². The van der Waals surface area contributed by atoms with Crippen LogP contribution in [0.25, 0.3) is 0 Å². The maximum Gasteiger partial charge on any atom is 0.177 e. The second-order valence-electron chi connectivity index (χ2n) is 4.09. The van der Waals surface area contributed by atoms with E-state index < -0.39 is 0 Å². The van der Waals surface area contributed by atoms with Crippen LogP contribution in [0.15, 0.2) is 29.2 Å². The minimum Gasteiger partial charge on any atom is -0.309 e. The number of carbonyl (C=O) groups is 1. The Morgan fingerprint density at radius 3 is 2.47 bits per heavy atom. The lowest BCUT2D eigenvalue weighted by Gasteiger charge is -2.08. The number of benzene rings is 1. The molecule has 1 aromatic carbocycles. The Kier molecular flexibility index (Phi) is 6.63. The van der Waals surface area contributed by atoms with E-state index in [1.165, 1.54) is 11.3 Å². The number of hydrogen-bond donors (Lipinski definition) is 0. The van der Waals surface area contributed by atoms with Crippen LogP contribution < -0.4 is 0 Å². The van der Waals surface area contributed by atoms with Crippen LogP contribution >= 0.6 is 23.4 Å². The number of rotatable bonds is 7. The van der Waals surface area contributed by atoms with Crippen LogP contribution in [0.1, 0.15) is 16.8 Å². The van der Waals surface area contributed by atoms with Gasteiger partial charge in [0.05, 0.1) is 5.88 Å². The highest BCUT2D eigenvalue weighted by molar-refractivity contribution is 7.99. The Hall–Kier alpha value is -0.510. The fraction of sp³-hybridized carbons (Fsp3) is 0.462. The summed E-state index contributed by atoms with van der Waals surface area (Å²) in [6, 6.07) is 7.66. The first-order valence-corrected chi connectivity index (χ1v) is 7.12. The summed E-state index contributed by atoms with van der Waals surface area (Å²) in [4.78, 5) is 14.7. The third-order valence-corrected chi connectivity index (χ3v) is 3.66. The molecule has 0 aliphatic carbocycles. The van der Waals surface area contributed by atoms with Crippen molar-refractivity contribution in [2.45, 2.75) is 11.3 Å². The molecule has 0 saturated carbocycles. The highest BCUT2D eigenvalue weighted by atomic mass is 35.5. The quantitative estimate of drug-likeness (QED) is 0.329. The van der Waals surface area contributed by atoms with Crippen molar-refractivity contribution in [3.8, 4) is 0 Å². The number of halogens is 1. The zero-order chi connectivity index (χ0) is 12.7. The summed E-state index contributed by atoms with van der Waals surface area (Å²) in [5, 5.41) is 0. The van der Waals surface area contributed by atoms with Crippen LogP contribution in [-0.4, -0.2) is 43.0 Å². The first-order valence-electron chi connectivity index (χ1n) is 5.60. The number of Topliss-reactive ketones (excluding diaryl/α,β-unsaturated/α-hetero) is 1. The number of hydrogen-bond acceptors (Lipinski definition) is 3. The van der Waals surface area contributed by atoms with Gasteiger partial charge in [-0.1, -0.05) is 12.1 Å². The Bertz CT molecular complexity index is 351. The summed E-state index contributed by atoms with van der Waals surface area (Å²) in [7, 11) is 4.16. The maximum atomic E-state index is 11.3. The molecular formula is C13H18ClNOS. The number of alkyl halides is 1. The van der Waals surface area contributed by atoms with Crippen LogP contribution in [0.2, 0.25) is 0 Å². The van der Waals surface area contributed by atoms with Gasteiger partial charge in [-0.05, 0) is 44.9 Å². The molecule has 0 aromatic heterocycles. The second-order valence-corrected chi connectivity index (χ2v) is 5.52. The highest BCUT2D eigenvalue weighted by Gasteiger charge is 2.03. The van der Waals surface area contributed by atoms with E-state index in [0.29, 0.717) is 5.56 Å². The van der Waals surface area contributed by atoms with E-state index in [1.54, 1.807) is 0 Å². The number of nitrogens with zero attached hydrogens (tertiary/aromatic N) is 1. The fourth-order valence-corrected chi connectivity index (χ4v) is 2.38. The Balaban J connectivity index is 2.38. The van der Waals surface area contributed by atoms with Gasteiger partial charge in [0.1, 0.15) is 0 Å². The second kappa shape index (κ2) is 7.75. The van der Waals surface area contributed by atoms with Gasteiger partial charge in [0, 0.05) is 10.5 Å². The Labute approximate surface area is 112 Å². The van der Waals surface area contributed by atoms with E-state index in [4.69, 9.17) is 11.6 Å². The summed E-state index contributed by atoms with van der Waals surface area (Å²) in [6.07, 6.45) is 1.17. The summed E-state index contributed by atoms with van der Waals surface area (Å²) < 4.78 is 0.